The zero-order chi connectivity index (χ0) is 80.8. The summed E-state index contributed by atoms with van der Waals surface area (Å²) in [5.74, 6) is -1.55. The maximum absolute atomic E-state index is 11.2. The lowest BCUT2D eigenvalue weighted by atomic mass is 9.77. The maximum atomic E-state index is 11.2. The van der Waals surface area contributed by atoms with Gasteiger partial charge in [0.1, 0.15) is 17.5 Å². The van der Waals surface area contributed by atoms with Crippen LogP contribution in [0.1, 0.15) is 326 Å². The summed E-state index contributed by atoms with van der Waals surface area (Å²) in [6.45, 7) is 61.7. The Hall–Kier alpha value is -9.11. The molecule has 0 saturated heterocycles. The zero-order valence-corrected chi connectivity index (χ0v) is 69.9. The SMILES string of the molecule is CC(C)(C)CN(c1cc(C(C)(C)C)cc(C(C)(C)C)c1)c1ccc(C(=O)O)cn1.CC(C)(C)c1cc(C(C)(C)C)cc(C2(c3ccc(C(=O)O)cn3)CC2)c1.CC(C)(C)c1cc2c(c(C3(c4ncc(C(=O)O)cn4)CC3)c1)CCC2(C)C.Cc1ccc(C(C)(C)C)cc1N(CC(C)(C)C)c1ccc(C(=O)O)cn1. The predicted octanol–water partition coefficient (Wildman–Crippen LogP) is 22.4. The third-order valence-corrected chi connectivity index (χ3v) is 21.0. The van der Waals surface area contributed by atoms with Crippen molar-refractivity contribution in [2.75, 3.05) is 22.9 Å². The second-order valence-corrected chi connectivity index (χ2v) is 39.7. The molecule has 3 aliphatic rings. The molecule has 0 amide bonds. The summed E-state index contributed by atoms with van der Waals surface area (Å²) in [7, 11) is 0. The van der Waals surface area contributed by atoms with Crippen LogP contribution < -0.4 is 9.80 Å². The minimum atomic E-state index is -0.983. The number of carboxylic acid groups (broad SMARTS) is 4. The monoisotopic (exact) mass is 1470 g/mol. The number of hydrogen-bond donors (Lipinski definition) is 4. The van der Waals surface area contributed by atoms with Gasteiger partial charge in [0.2, 0.25) is 0 Å². The number of pyridine rings is 3. The fourth-order valence-electron chi connectivity index (χ4n) is 13.7. The molecule has 15 heteroatoms. The predicted molar refractivity (Wildman–Crippen MR) is 440 cm³/mol. The molecule has 11 rings (SSSR count). The molecule has 4 aromatic carbocycles. The number of carbonyl (C=O) groups is 4. The van der Waals surface area contributed by atoms with E-state index in [-0.39, 0.29) is 81.8 Å². The highest BCUT2D eigenvalue weighted by atomic mass is 16.4. The lowest BCUT2D eigenvalue weighted by molar-refractivity contribution is 0.0685. The fourth-order valence-corrected chi connectivity index (χ4v) is 13.7. The topological polar surface area (TPSA) is 220 Å². The van der Waals surface area contributed by atoms with Crippen LogP contribution in [0.15, 0.2) is 134 Å². The van der Waals surface area contributed by atoms with E-state index in [1.807, 2.05) is 6.07 Å². The Morgan fingerprint density at radius 2 is 0.750 bits per heavy atom. The Kier molecular flexibility index (Phi) is 24.1. The zero-order valence-electron chi connectivity index (χ0n) is 69.9. The highest BCUT2D eigenvalue weighted by Crippen LogP contribution is 2.57. The first-order chi connectivity index (χ1) is 49.4. The van der Waals surface area contributed by atoms with E-state index in [1.54, 1.807) is 30.3 Å². The van der Waals surface area contributed by atoms with Gasteiger partial charge in [-0.05, 0) is 210 Å². The number of benzene rings is 4. The van der Waals surface area contributed by atoms with E-state index in [4.69, 9.17) is 15.3 Å². The normalized spacial score (nSPS) is 15.2. The van der Waals surface area contributed by atoms with E-state index in [9.17, 15) is 24.3 Å². The molecular formula is C93H123N7O8. The van der Waals surface area contributed by atoms with E-state index in [0.29, 0.717) is 0 Å². The van der Waals surface area contributed by atoms with Crippen LogP contribution in [0.4, 0.5) is 23.0 Å². The average molecular weight is 1470 g/mol. The van der Waals surface area contributed by atoms with Gasteiger partial charge in [0, 0.05) is 60.9 Å². The first-order valence-corrected chi connectivity index (χ1v) is 38.3. The molecule has 4 heterocycles. The minimum absolute atomic E-state index is 0.0179. The van der Waals surface area contributed by atoms with Crippen molar-refractivity contribution < 1.29 is 39.6 Å². The first-order valence-electron chi connectivity index (χ1n) is 38.3. The molecule has 8 aromatic rings. The molecular weight excluding hydrogens is 1340 g/mol. The van der Waals surface area contributed by atoms with E-state index >= 15 is 0 Å². The number of aromatic carboxylic acids is 4. The number of hydrogen-bond acceptors (Lipinski definition) is 11. The Labute approximate surface area is 645 Å². The molecule has 0 radical (unpaired) electrons. The number of fused-ring (bicyclic) bond motifs is 1. The van der Waals surface area contributed by atoms with Gasteiger partial charge < -0.3 is 30.2 Å². The van der Waals surface area contributed by atoms with E-state index < -0.39 is 23.9 Å². The van der Waals surface area contributed by atoms with Crippen molar-refractivity contribution in [2.24, 2.45) is 10.8 Å². The van der Waals surface area contributed by atoms with Crippen LogP contribution in [0.3, 0.4) is 0 Å². The summed E-state index contributed by atoms with van der Waals surface area (Å²) in [5, 5.41) is 36.6. The quantitative estimate of drug-likeness (QED) is 0.0795. The van der Waals surface area contributed by atoms with Gasteiger partial charge in [0.15, 0.2) is 0 Å². The third kappa shape index (κ3) is 20.6. The molecule has 2 saturated carbocycles. The van der Waals surface area contributed by atoms with Gasteiger partial charge in [-0.2, -0.15) is 0 Å². The molecule has 0 unspecified atom stereocenters. The second kappa shape index (κ2) is 30.7. The highest BCUT2D eigenvalue weighted by Gasteiger charge is 2.52. The van der Waals surface area contributed by atoms with Crippen molar-refractivity contribution >= 4 is 46.9 Å². The van der Waals surface area contributed by atoms with E-state index in [2.05, 4.69) is 288 Å². The smallest absolute Gasteiger partial charge is 0.338 e. The Morgan fingerprint density at radius 3 is 1.12 bits per heavy atom. The number of nitrogens with zero attached hydrogens (tertiary/aromatic N) is 7. The maximum Gasteiger partial charge on any atom is 0.338 e. The van der Waals surface area contributed by atoms with Crippen LogP contribution >= 0.6 is 0 Å². The molecule has 0 aliphatic heterocycles. The molecule has 4 aromatic heterocycles. The number of carboxylic acids is 4. The van der Waals surface area contributed by atoms with Crippen LogP contribution in [0.2, 0.25) is 0 Å². The van der Waals surface area contributed by atoms with Crippen LogP contribution in [0.5, 0.6) is 0 Å². The molecule has 2 fully saturated rings. The molecule has 3 aliphatic carbocycles. The number of rotatable bonds is 14. The lowest BCUT2D eigenvalue weighted by Crippen LogP contribution is -2.30. The van der Waals surface area contributed by atoms with Gasteiger partial charge in [0.05, 0.1) is 33.4 Å². The molecule has 578 valence electrons. The van der Waals surface area contributed by atoms with E-state index in [0.717, 1.165) is 86.1 Å². The van der Waals surface area contributed by atoms with Crippen molar-refractivity contribution in [1.82, 2.24) is 24.9 Å². The highest BCUT2D eigenvalue weighted by molar-refractivity contribution is 5.89. The van der Waals surface area contributed by atoms with Crippen LogP contribution in [0.25, 0.3) is 0 Å². The Morgan fingerprint density at radius 1 is 0.380 bits per heavy atom. The summed E-state index contributed by atoms with van der Waals surface area (Å²) in [5.41, 5.74) is 19.0. The van der Waals surface area contributed by atoms with Crippen molar-refractivity contribution in [1.29, 1.82) is 0 Å². The Balaban J connectivity index is 0.000000182. The van der Waals surface area contributed by atoms with Gasteiger partial charge in [-0.1, -0.05) is 229 Å². The standard InChI is InChI=1S/C25H36N2O2.C23H28N2O2.C23H29NO2.C22H30N2O2/c1-23(2,3)16-27(21-11-10-17(15-26-21)22(28)29)20-13-18(24(4,5)6)12-19(14-20)25(7,8)9;1-21(2,3)15-10-17-16(6-7-22(17,4)5)18(11-15)23(8-9-23)20-24-12-14(13-25-20)19(26)27;1-21(2,3)16-11-17(22(4,5)6)13-18(12-16)23(9-10-23)19-8-7-15(14-24-19)20(25)26;1-15-8-10-17(22(5,6)7)12-18(15)24(14-21(2,3)4)19-11-9-16(13-23-19)20(25)26/h10-15H,16H2,1-9H3,(H,28,29);10-13H,6-9H2,1-5H3,(H,26,27);7-8,11-14H,9-10H2,1-6H3,(H,25,26);8-13H,14H2,1-7H3,(H,25,26). The van der Waals surface area contributed by atoms with Crippen molar-refractivity contribution in [3.63, 3.8) is 0 Å². The summed E-state index contributed by atoms with van der Waals surface area (Å²) < 4.78 is 0. The lowest BCUT2D eigenvalue weighted by Gasteiger charge is -2.34. The van der Waals surface area contributed by atoms with Gasteiger partial charge >= 0.3 is 23.9 Å². The van der Waals surface area contributed by atoms with Gasteiger partial charge in [-0.3, -0.25) is 4.98 Å². The molecule has 15 nitrogen and oxygen atoms in total. The number of aryl methyl sites for hydroxylation is 1. The third-order valence-electron chi connectivity index (χ3n) is 21.0. The van der Waals surface area contributed by atoms with Crippen molar-refractivity contribution in [3.05, 3.63) is 229 Å². The van der Waals surface area contributed by atoms with E-state index in [1.165, 1.54) is 92.2 Å². The molecule has 0 bridgehead atoms. The van der Waals surface area contributed by atoms with Crippen LogP contribution in [0, 0.1) is 17.8 Å². The summed E-state index contributed by atoms with van der Waals surface area (Å²) >= 11 is 0. The molecule has 0 atom stereocenters. The van der Waals surface area contributed by atoms with Gasteiger partial charge in [-0.25, -0.2) is 39.1 Å². The number of anilines is 4. The average Bonchev–Trinajstić information content (AvgIpc) is 1.56. The summed E-state index contributed by atoms with van der Waals surface area (Å²) in [6, 6.07) is 35.5. The fraction of sp³-hybridized carbons (Fsp3) is 0.495. The second-order valence-electron chi connectivity index (χ2n) is 39.7. The van der Waals surface area contributed by atoms with Crippen LogP contribution in [-0.4, -0.2) is 82.3 Å². The van der Waals surface area contributed by atoms with Crippen molar-refractivity contribution in [3.8, 4) is 0 Å². The Bertz CT molecular complexity index is 4500. The summed E-state index contributed by atoms with van der Waals surface area (Å²) in [4.78, 5) is 71.4. The van der Waals surface area contributed by atoms with Crippen LogP contribution in [-0.2, 0) is 55.2 Å². The molecule has 0 spiro atoms. The minimum Gasteiger partial charge on any atom is -0.478 e. The molecule has 4 N–H and O–H groups in total. The summed E-state index contributed by atoms with van der Waals surface area (Å²) in [6.07, 6.45) is 13.7. The van der Waals surface area contributed by atoms with Gasteiger partial charge in [0.25, 0.3) is 0 Å². The molecule has 108 heavy (non-hydrogen) atoms. The van der Waals surface area contributed by atoms with Gasteiger partial charge in [-0.15, -0.1) is 0 Å². The van der Waals surface area contributed by atoms with Crippen molar-refractivity contribution in [2.45, 2.75) is 274 Å². The first kappa shape index (κ1) is 84.5. The number of aromatic nitrogens is 5. The largest absolute Gasteiger partial charge is 0.478 e.